The van der Waals surface area contributed by atoms with Gasteiger partial charge >= 0.3 is 0 Å². The highest BCUT2D eigenvalue weighted by molar-refractivity contribution is 7.16. The van der Waals surface area contributed by atoms with Crippen molar-refractivity contribution < 1.29 is 4.79 Å². The van der Waals surface area contributed by atoms with Crippen LogP contribution >= 0.6 is 22.9 Å². The summed E-state index contributed by atoms with van der Waals surface area (Å²) >= 11 is 7.25. The Labute approximate surface area is 168 Å². The average Bonchev–Trinajstić information content (AvgIpc) is 3.15. The molecule has 2 heterocycles. The molecular formula is C20H23ClN4OS. The van der Waals surface area contributed by atoms with Crippen LogP contribution in [-0.4, -0.2) is 20.7 Å². The zero-order chi connectivity index (χ0) is 19.6. The highest BCUT2D eigenvalue weighted by atomic mass is 35.5. The number of halogens is 1. The fourth-order valence-corrected chi connectivity index (χ4v) is 4.07. The number of nitrogens with zero attached hydrogens (tertiary/aromatic N) is 3. The molecule has 0 atom stereocenters. The summed E-state index contributed by atoms with van der Waals surface area (Å²) in [7, 11) is 0. The van der Waals surface area contributed by atoms with E-state index in [0.717, 1.165) is 35.8 Å². The molecule has 0 saturated carbocycles. The zero-order valence-electron chi connectivity index (χ0n) is 16.0. The van der Waals surface area contributed by atoms with Crippen molar-refractivity contribution in [3.63, 3.8) is 0 Å². The maximum absolute atomic E-state index is 12.7. The van der Waals surface area contributed by atoms with E-state index in [0.29, 0.717) is 21.3 Å². The van der Waals surface area contributed by atoms with E-state index in [4.69, 9.17) is 11.6 Å². The van der Waals surface area contributed by atoms with Crippen LogP contribution in [0, 0.1) is 20.8 Å². The molecule has 27 heavy (non-hydrogen) atoms. The summed E-state index contributed by atoms with van der Waals surface area (Å²) in [5.41, 5.74) is 4.80. The molecule has 0 aliphatic carbocycles. The minimum absolute atomic E-state index is 0.175. The van der Waals surface area contributed by atoms with Crippen LogP contribution < -0.4 is 5.32 Å². The van der Waals surface area contributed by atoms with Gasteiger partial charge in [-0.25, -0.2) is 9.67 Å². The molecule has 0 saturated heterocycles. The molecule has 0 aliphatic heterocycles. The first-order valence-corrected chi connectivity index (χ1v) is 10.2. The van der Waals surface area contributed by atoms with Gasteiger partial charge in [0.25, 0.3) is 5.91 Å². The van der Waals surface area contributed by atoms with E-state index < -0.39 is 0 Å². The first kappa shape index (κ1) is 19.6. The first-order chi connectivity index (χ1) is 12.9. The van der Waals surface area contributed by atoms with Crippen molar-refractivity contribution in [3.05, 3.63) is 56.8 Å². The lowest BCUT2D eigenvalue weighted by molar-refractivity contribution is 0.103. The molecule has 1 amide bonds. The molecule has 0 bridgehead atoms. The second-order valence-corrected chi connectivity index (χ2v) is 7.95. The van der Waals surface area contributed by atoms with Gasteiger partial charge in [0.15, 0.2) is 0 Å². The Hall–Kier alpha value is -2.18. The topological polar surface area (TPSA) is 59.8 Å². The third-order valence-corrected chi connectivity index (χ3v) is 5.88. The molecule has 3 aromatic rings. The van der Waals surface area contributed by atoms with Crippen molar-refractivity contribution in [2.45, 2.75) is 47.0 Å². The van der Waals surface area contributed by atoms with Crippen molar-refractivity contribution in [1.82, 2.24) is 14.8 Å². The number of unbranched alkanes of at least 4 members (excludes halogenated alkanes) is 1. The Kier molecular flexibility index (Phi) is 5.97. The number of thiazole rings is 1. The number of benzene rings is 1. The van der Waals surface area contributed by atoms with E-state index in [-0.39, 0.29) is 5.91 Å². The Morgan fingerprint density at radius 2 is 1.89 bits per heavy atom. The molecule has 0 radical (unpaired) electrons. The Morgan fingerprint density at radius 1 is 1.19 bits per heavy atom. The molecule has 1 N–H and O–H groups in total. The lowest BCUT2D eigenvalue weighted by Crippen LogP contribution is -2.11. The third kappa shape index (κ3) is 4.22. The molecule has 7 heteroatoms. The molecular weight excluding hydrogens is 380 g/mol. The summed E-state index contributed by atoms with van der Waals surface area (Å²) in [6.45, 7) is 8.13. The molecule has 0 spiro atoms. The Bertz CT molecular complexity index is 959. The van der Waals surface area contributed by atoms with E-state index in [9.17, 15) is 4.79 Å². The minimum atomic E-state index is -0.175. The quantitative estimate of drug-likeness (QED) is 0.592. The maximum Gasteiger partial charge on any atom is 0.267 e. The fourth-order valence-electron chi connectivity index (χ4n) is 2.98. The second-order valence-electron chi connectivity index (χ2n) is 6.54. The van der Waals surface area contributed by atoms with Crippen molar-refractivity contribution >= 4 is 34.5 Å². The van der Waals surface area contributed by atoms with Gasteiger partial charge in [0.1, 0.15) is 4.88 Å². The summed E-state index contributed by atoms with van der Waals surface area (Å²) < 4.78 is 1.86. The van der Waals surface area contributed by atoms with E-state index in [1.165, 1.54) is 16.9 Å². The molecule has 2 aromatic heterocycles. The van der Waals surface area contributed by atoms with Crippen LogP contribution in [0.5, 0.6) is 0 Å². The number of aromatic nitrogens is 3. The Balaban J connectivity index is 1.86. The first-order valence-electron chi connectivity index (χ1n) is 9.00. The SMILES string of the molecule is CCCCc1c(C)nn(-c2nc(C)c(C(=O)Nc3ccc(Cl)cc3)s2)c1C. The van der Waals surface area contributed by atoms with Gasteiger partial charge in [0.05, 0.1) is 11.4 Å². The molecule has 142 valence electrons. The highest BCUT2D eigenvalue weighted by Crippen LogP contribution is 2.26. The van der Waals surface area contributed by atoms with Gasteiger partial charge in [-0.15, -0.1) is 0 Å². The predicted octanol–water partition coefficient (Wildman–Crippen LogP) is 5.50. The van der Waals surface area contributed by atoms with E-state index >= 15 is 0 Å². The van der Waals surface area contributed by atoms with Gasteiger partial charge in [-0.1, -0.05) is 36.3 Å². The van der Waals surface area contributed by atoms with Gasteiger partial charge < -0.3 is 5.32 Å². The van der Waals surface area contributed by atoms with E-state index in [1.807, 2.05) is 18.5 Å². The van der Waals surface area contributed by atoms with Gasteiger partial charge in [-0.3, -0.25) is 4.79 Å². The number of nitrogens with one attached hydrogen (secondary N) is 1. The van der Waals surface area contributed by atoms with Crippen molar-refractivity contribution in [2.75, 3.05) is 5.32 Å². The van der Waals surface area contributed by atoms with Crippen LogP contribution in [0.4, 0.5) is 5.69 Å². The molecule has 0 unspecified atom stereocenters. The summed E-state index contributed by atoms with van der Waals surface area (Å²) in [6.07, 6.45) is 3.30. The molecule has 1 aromatic carbocycles. The summed E-state index contributed by atoms with van der Waals surface area (Å²) in [5, 5.41) is 8.90. The van der Waals surface area contributed by atoms with Crippen molar-refractivity contribution in [1.29, 1.82) is 0 Å². The number of carbonyl (C=O) groups excluding carboxylic acids is 1. The predicted molar refractivity (Wildman–Crippen MR) is 111 cm³/mol. The molecule has 0 aliphatic rings. The van der Waals surface area contributed by atoms with Crippen LogP contribution in [-0.2, 0) is 6.42 Å². The summed E-state index contributed by atoms with van der Waals surface area (Å²) in [4.78, 5) is 17.8. The third-order valence-electron chi connectivity index (χ3n) is 4.50. The number of anilines is 1. The average molecular weight is 403 g/mol. The number of aryl methyl sites for hydroxylation is 2. The van der Waals surface area contributed by atoms with Gasteiger partial charge in [-0.05, 0) is 63.4 Å². The number of hydrogen-bond donors (Lipinski definition) is 1. The monoisotopic (exact) mass is 402 g/mol. The maximum atomic E-state index is 12.7. The van der Waals surface area contributed by atoms with Crippen LogP contribution in [0.2, 0.25) is 5.02 Å². The minimum Gasteiger partial charge on any atom is -0.321 e. The number of rotatable bonds is 6. The van der Waals surface area contributed by atoms with Gasteiger partial charge in [0, 0.05) is 16.4 Å². The smallest absolute Gasteiger partial charge is 0.267 e. The summed E-state index contributed by atoms with van der Waals surface area (Å²) in [5.74, 6) is -0.175. The molecule has 5 nitrogen and oxygen atoms in total. The van der Waals surface area contributed by atoms with E-state index in [2.05, 4.69) is 29.2 Å². The molecule has 3 rings (SSSR count). The van der Waals surface area contributed by atoms with Crippen LogP contribution in [0.25, 0.3) is 5.13 Å². The Morgan fingerprint density at radius 3 is 2.56 bits per heavy atom. The summed E-state index contributed by atoms with van der Waals surface area (Å²) in [6, 6.07) is 7.04. The lowest BCUT2D eigenvalue weighted by Gasteiger charge is -2.03. The van der Waals surface area contributed by atoms with Crippen molar-refractivity contribution in [2.24, 2.45) is 0 Å². The highest BCUT2D eigenvalue weighted by Gasteiger charge is 2.20. The van der Waals surface area contributed by atoms with Gasteiger partial charge in [-0.2, -0.15) is 5.10 Å². The second kappa shape index (κ2) is 8.23. The number of carbonyl (C=O) groups is 1. The van der Waals surface area contributed by atoms with E-state index in [1.54, 1.807) is 24.3 Å². The number of amides is 1. The standard InChI is InChI=1S/C20H23ClN4OS/c1-5-6-7-17-12(2)24-25(14(17)4)20-22-13(3)18(27-20)19(26)23-16-10-8-15(21)9-11-16/h8-11H,5-7H2,1-4H3,(H,23,26). The van der Waals surface area contributed by atoms with Gasteiger partial charge in [0.2, 0.25) is 5.13 Å². The van der Waals surface area contributed by atoms with Crippen LogP contribution in [0.15, 0.2) is 24.3 Å². The van der Waals surface area contributed by atoms with Crippen molar-refractivity contribution in [3.8, 4) is 5.13 Å². The normalized spacial score (nSPS) is 11.0. The lowest BCUT2D eigenvalue weighted by atomic mass is 10.1. The zero-order valence-corrected chi connectivity index (χ0v) is 17.5. The fraction of sp³-hybridized carbons (Fsp3) is 0.350. The van der Waals surface area contributed by atoms with Crippen LogP contribution in [0.3, 0.4) is 0 Å². The largest absolute Gasteiger partial charge is 0.321 e. The van der Waals surface area contributed by atoms with Crippen LogP contribution in [0.1, 0.15) is 52.1 Å². The molecule has 0 fully saturated rings. The number of hydrogen-bond acceptors (Lipinski definition) is 4.